The van der Waals surface area contributed by atoms with Crippen molar-refractivity contribution in [3.05, 3.63) is 77.2 Å². The van der Waals surface area contributed by atoms with Crippen LogP contribution in [0.15, 0.2) is 66.1 Å². The van der Waals surface area contributed by atoms with E-state index in [1.165, 1.54) is 0 Å². The highest BCUT2D eigenvalue weighted by atomic mass is 16.5. The molecule has 0 aliphatic carbocycles. The molecule has 3 heteroatoms. The molecule has 1 aromatic heterocycles. The molecule has 0 fully saturated rings. The Labute approximate surface area is 106 Å². The van der Waals surface area contributed by atoms with Crippen LogP contribution in [0.2, 0.25) is 0 Å². The van der Waals surface area contributed by atoms with E-state index in [4.69, 9.17) is 4.74 Å². The quantitative estimate of drug-likeness (QED) is 0.753. The zero-order chi connectivity index (χ0) is 12.8. The first kappa shape index (κ1) is 12.2. The lowest BCUT2D eigenvalue weighted by Gasteiger charge is -2.08. The van der Waals surface area contributed by atoms with Gasteiger partial charge in [-0.25, -0.2) is 0 Å². The SMILES string of the molecule is C=CCOc1cccn(Cc2ccccc2)c1=O. The lowest BCUT2D eigenvalue weighted by molar-refractivity contribution is 0.354. The lowest BCUT2D eigenvalue weighted by Crippen LogP contribution is -2.21. The Morgan fingerprint density at radius 1 is 1.17 bits per heavy atom. The molecule has 1 aromatic carbocycles. The molecule has 1 heterocycles. The molecular weight excluding hydrogens is 226 g/mol. The Kier molecular flexibility index (Phi) is 3.97. The number of hydrogen-bond donors (Lipinski definition) is 0. The number of nitrogens with zero attached hydrogens (tertiary/aromatic N) is 1. The van der Waals surface area contributed by atoms with Crippen LogP contribution >= 0.6 is 0 Å². The standard InChI is InChI=1S/C15H15NO2/c1-2-11-18-14-9-6-10-16(15(14)17)12-13-7-4-3-5-8-13/h2-10H,1,11-12H2. The van der Waals surface area contributed by atoms with Gasteiger partial charge < -0.3 is 9.30 Å². The summed E-state index contributed by atoms with van der Waals surface area (Å²) in [6.45, 7) is 4.45. The molecule has 0 atom stereocenters. The van der Waals surface area contributed by atoms with E-state index in [0.717, 1.165) is 5.56 Å². The molecule has 0 saturated carbocycles. The summed E-state index contributed by atoms with van der Waals surface area (Å²) in [4.78, 5) is 12.1. The largest absolute Gasteiger partial charge is 0.484 e. The third-order valence-corrected chi connectivity index (χ3v) is 2.54. The zero-order valence-corrected chi connectivity index (χ0v) is 10.1. The molecule has 0 unspecified atom stereocenters. The van der Waals surface area contributed by atoms with E-state index in [-0.39, 0.29) is 5.56 Å². The van der Waals surface area contributed by atoms with Crippen molar-refractivity contribution in [2.24, 2.45) is 0 Å². The van der Waals surface area contributed by atoms with E-state index < -0.39 is 0 Å². The third-order valence-electron chi connectivity index (χ3n) is 2.54. The molecule has 18 heavy (non-hydrogen) atoms. The lowest BCUT2D eigenvalue weighted by atomic mass is 10.2. The van der Waals surface area contributed by atoms with Crippen LogP contribution in [0.4, 0.5) is 0 Å². The molecule has 0 radical (unpaired) electrons. The number of hydrogen-bond acceptors (Lipinski definition) is 2. The van der Waals surface area contributed by atoms with Crippen LogP contribution in [0.3, 0.4) is 0 Å². The fraction of sp³-hybridized carbons (Fsp3) is 0.133. The van der Waals surface area contributed by atoms with Crippen LogP contribution < -0.4 is 10.3 Å². The van der Waals surface area contributed by atoms with Gasteiger partial charge in [-0.05, 0) is 17.7 Å². The van der Waals surface area contributed by atoms with E-state index in [9.17, 15) is 4.79 Å². The number of rotatable bonds is 5. The summed E-state index contributed by atoms with van der Waals surface area (Å²) in [6, 6.07) is 13.3. The van der Waals surface area contributed by atoms with Crippen molar-refractivity contribution in [2.45, 2.75) is 6.54 Å². The van der Waals surface area contributed by atoms with Crippen molar-refractivity contribution in [1.82, 2.24) is 4.57 Å². The van der Waals surface area contributed by atoms with E-state index in [1.807, 2.05) is 36.4 Å². The summed E-state index contributed by atoms with van der Waals surface area (Å²) in [5.41, 5.74) is 0.962. The fourth-order valence-electron chi connectivity index (χ4n) is 1.68. The topological polar surface area (TPSA) is 31.2 Å². The monoisotopic (exact) mass is 241 g/mol. The summed E-state index contributed by atoms with van der Waals surface area (Å²) >= 11 is 0. The van der Waals surface area contributed by atoms with Crippen molar-refractivity contribution < 1.29 is 4.74 Å². The Morgan fingerprint density at radius 3 is 2.67 bits per heavy atom. The van der Waals surface area contributed by atoms with E-state index >= 15 is 0 Å². The molecule has 2 aromatic rings. The van der Waals surface area contributed by atoms with Crippen LogP contribution in [0.25, 0.3) is 0 Å². The van der Waals surface area contributed by atoms with Gasteiger partial charge in [0.05, 0.1) is 6.54 Å². The fourth-order valence-corrected chi connectivity index (χ4v) is 1.68. The second-order valence-corrected chi connectivity index (χ2v) is 3.89. The highest BCUT2D eigenvalue weighted by molar-refractivity contribution is 5.20. The molecule has 0 spiro atoms. The first-order chi connectivity index (χ1) is 8.81. The minimum atomic E-state index is -0.122. The van der Waals surface area contributed by atoms with Crippen LogP contribution in [0.5, 0.6) is 5.75 Å². The summed E-state index contributed by atoms with van der Waals surface area (Å²) in [6.07, 6.45) is 3.38. The number of pyridine rings is 1. The number of benzene rings is 1. The maximum absolute atomic E-state index is 12.1. The van der Waals surface area contributed by atoms with Gasteiger partial charge >= 0.3 is 0 Å². The average Bonchev–Trinajstić information content (AvgIpc) is 2.41. The second-order valence-electron chi connectivity index (χ2n) is 3.89. The number of aromatic nitrogens is 1. The first-order valence-corrected chi connectivity index (χ1v) is 5.78. The number of ether oxygens (including phenoxy) is 1. The Balaban J connectivity index is 2.24. The zero-order valence-electron chi connectivity index (χ0n) is 10.1. The van der Waals surface area contributed by atoms with Gasteiger partial charge in [0.2, 0.25) is 0 Å². The van der Waals surface area contributed by atoms with Gasteiger partial charge in [-0.1, -0.05) is 43.0 Å². The van der Waals surface area contributed by atoms with Gasteiger partial charge in [0, 0.05) is 6.20 Å². The third kappa shape index (κ3) is 2.88. The van der Waals surface area contributed by atoms with Crippen LogP contribution in [0.1, 0.15) is 5.56 Å². The molecule has 0 aliphatic rings. The summed E-state index contributed by atoms with van der Waals surface area (Å²) < 4.78 is 6.95. The molecule has 3 nitrogen and oxygen atoms in total. The van der Waals surface area contributed by atoms with Crippen LogP contribution in [0, 0.1) is 0 Å². The molecule has 0 saturated heterocycles. The molecule has 2 rings (SSSR count). The minimum absolute atomic E-state index is 0.122. The molecular formula is C15H15NO2. The molecule has 0 N–H and O–H groups in total. The predicted octanol–water partition coefficient (Wildman–Crippen LogP) is 2.46. The van der Waals surface area contributed by atoms with Crippen molar-refractivity contribution in [1.29, 1.82) is 0 Å². The van der Waals surface area contributed by atoms with Gasteiger partial charge in [0.25, 0.3) is 5.56 Å². The van der Waals surface area contributed by atoms with Crippen molar-refractivity contribution in [3.63, 3.8) is 0 Å². The molecule has 0 aliphatic heterocycles. The Morgan fingerprint density at radius 2 is 1.94 bits per heavy atom. The van der Waals surface area contributed by atoms with Crippen molar-refractivity contribution in [3.8, 4) is 5.75 Å². The average molecular weight is 241 g/mol. The Bertz CT molecular complexity index is 573. The van der Waals surface area contributed by atoms with E-state index in [1.54, 1.807) is 22.9 Å². The van der Waals surface area contributed by atoms with Crippen LogP contribution in [-0.2, 0) is 6.54 Å². The predicted molar refractivity (Wildman–Crippen MR) is 71.9 cm³/mol. The highest BCUT2D eigenvalue weighted by Crippen LogP contribution is 2.05. The van der Waals surface area contributed by atoms with Crippen LogP contribution in [-0.4, -0.2) is 11.2 Å². The Hall–Kier alpha value is -2.29. The van der Waals surface area contributed by atoms with Gasteiger partial charge in [0.1, 0.15) is 6.61 Å². The normalized spacial score (nSPS) is 10.0. The maximum Gasteiger partial charge on any atom is 0.293 e. The maximum atomic E-state index is 12.1. The first-order valence-electron chi connectivity index (χ1n) is 5.78. The van der Waals surface area contributed by atoms with Crippen molar-refractivity contribution in [2.75, 3.05) is 6.61 Å². The van der Waals surface area contributed by atoms with Gasteiger partial charge in [-0.2, -0.15) is 0 Å². The summed E-state index contributed by atoms with van der Waals surface area (Å²) in [7, 11) is 0. The molecule has 92 valence electrons. The molecule has 0 bridgehead atoms. The highest BCUT2D eigenvalue weighted by Gasteiger charge is 2.03. The second kappa shape index (κ2) is 5.87. The van der Waals surface area contributed by atoms with Crippen molar-refractivity contribution >= 4 is 0 Å². The van der Waals surface area contributed by atoms with E-state index in [2.05, 4.69) is 6.58 Å². The van der Waals surface area contributed by atoms with Gasteiger partial charge in [-0.15, -0.1) is 0 Å². The summed E-state index contributed by atoms with van der Waals surface area (Å²) in [5.74, 6) is 0.355. The van der Waals surface area contributed by atoms with Gasteiger partial charge in [-0.3, -0.25) is 4.79 Å². The minimum Gasteiger partial charge on any atom is -0.484 e. The van der Waals surface area contributed by atoms with E-state index in [0.29, 0.717) is 18.9 Å². The molecule has 0 amide bonds. The van der Waals surface area contributed by atoms with Gasteiger partial charge in [0.15, 0.2) is 5.75 Å². The smallest absolute Gasteiger partial charge is 0.293 e. The summed E-state index contributed by atoms with van der Waals surface area (Å²) in [5, 5.41) is 0.